The number of anilines is 1. The molecule has 2 aliphatic heterocycles. The van der Waals surface area contributed by atoms with Crippen LogP contribution in [0.2, 0.25) is 0 Å². The molecule has 2 aromatic heterocycles. The molecule has 5 rings (SSSR count). The maximum absolute atomic E-state index is 12.7. The maximum atomic E-state index is 12.7. The SMILES string of the molecule is C[C@H]1CN(c2nc3c(c(=O)[nH]2)CCN(Cc2cccc4nccnc24)C3)C[C@H](C)O1. The Morgan fingerprint density at radius 1 is 1.17 bits per heavy atom. The molecule has 8 nitrogen and oxygen atoms in total. The molecule has 0 bridgehead atoms. The number of nitrogens with zero attached hydrogens (tertiary/aromatic N) is 5. The first-order valence-corrected chi connectivity index (χ1v) is 10.5. The number of H-pyrrole nitrogens is 1. The van der Waals surface area contributed by atoms with Crippen LogP contribution in [0, 0.1) is 0 Å². The first kappa shape index (κ1) is 19.1. The van der Waals surface area contributed by atoms with Gasteiger partial charge in [-0.15, -0.1) is 0 Å². The molecule has 2 aliphatic rings. The fraction of sp³-hybridized carbons (Fsp3) is 0.455. The topological polar surface area (TPSA) is 87.2 Å². The van der Waals surface area contributed by atoms with E-state index in [1.807, 2.05) is 26.0 Å². The lowest BCUT2D eigenvalue weighted by Crippen LogP contribution is -2.47. The van der Waals surface area contributed by atoms with Crippen LogP contribution in [0.15, 0.2) is 35.4 Å². The highest BCUT2D eigenvalue weighted by Gasteiger charge is 2.27. The Morgan fingerprint density at radius 3 is 2.80 bits per heavy atom. The molecule has 4 heterocycles. The number of aromatic amines is 1. The average Bonchev–Trinajstić information content (AvgIpc) is 2.73. The zero-order chi connectivity index (χ0) is 20.7. The Balaban J connectivity index is 1.40. The maximum Gasteiger partial charge on any atom is 0.255 e. The van der Waals surface area contributed by atoms with E-state index >= 15 is 0 Å². The number of aromatic nitrogens is 4. The highest BCUT2D eigenvalue weighted by molar-refractivity contribution is 5.77. The van der Waals surface area contributed by atoms with Crippen LogP contribution >= 0.6 is 0 Å². The predicted octanol–water partition coefficient (Wildman–Crippen LogP) is 1.88. The third-order valence-electron chi connectivity index (χ3n) is 5.84. The van der Waals surface area contributed by atoms with Gasteiger partial charge in [0.15, 0.2) is 0 Å². The first-order chi connectivity index (χ1) is 14.6. The van der Waals surface area contributed by atoms with Gasteiger partial charge >= 0.3 is 0 Å². The summed E-state index contributed by atoms with van der Waals surface area (Å²) in [5.41, 5.74) is 4.64. The quantitative estimate of drug-likeness (QED) is 0.711. The molecule has 30 heavy (non-hydrogen) atoms. The lowest BCUT2D eigenvalue weighted by atomic mass is 10.1. The summed E-state index contributed by atoms with van der Waals surface area (Å²) in [6.07, 6.45) is 4.37. The molecule has 0 radical (unpaired) electrons. The number of hydrogen-bond acceptors (Lipinski definition) is 7. The highest BCUT2D eigenvalue weighted by Crippen LogP contribution is 2.22. The molecule has 0 amide bonds. The third kappa shape index (κ3) is 3.68. The average molecular weight is 406 g/mol. The van der Waals surface area contributed by atoms with Crippen LogP contribution in [0.25, 0.3) is 11.0 Å². The summed E-state index contributed by atoms with van der Waals surface area (Å²) in [4.78, 5) is 34.0. The van der Waals surface area contributed by atoms with Gasteiger partial charge < -0.3 is 9.64 Å². The van der Waals surface area contributed by atoms with Gasteiger partial charge in [0.2, 0.25) is 5.95 Å². The van der Waals surface area contributed by atoms with E-state index in [-0.39, 0.29) is 17.8 Å². The van der Waals surface area contributed by atoms with Crippen molar-refractivity contribution in [1.29, 1.82) is 0 Å². The van der Waals surface area contributed by atoms with Crippen molar-refractivity contribution in [1.82, 2.24) is 24.8 Å². The van der Waals surface area contributed by atoms with Crippen LogP contribution < -0.4 is 10.5 Å². The van der Waals surface area contributed by atoms with E-state index < -0.39 is 0 Å². The zero-order valence-corrected chi connectivity index (χ0v) is 17.3. The summed E-state index contributed by atoms with van der Waals surface area (Å²) in [5.74, 6) is 0.652. The molecule has 0 spiro atoms. The Labute approximate surface area is 174 Å². The molecule has 0 aliphatic carbocycles. The van der Waals surface area contributed by atoms with Crippen molar-refractivity contribution in [3.8, 4) is 0 Å². The first-order valence-electron chi connectivity index (χ1n) is 10.5. The number of nitrogens with one attached hydrogen (secondary N) is 1. The van der Waals surface area contributed by atoms with Crippen LogP contribution in [0.3, 0.4) is 0 Å². The van der Waals surface area contributed by atoms with E-state index in [0.29, 0.717) is 18.9 Å². The van der Waals surface area contributed by atoms with Crippen molar-refractivity contribution in [2.75, 3.05) is 24.5 Å². The highest BCUT2D eigenvalue weighted by atomic mass is 16.5. The normalized spacial score (nSPS) is 22.3. The molecule has 1 saturated heterocycles. The molecule has 0 unspecified atom stereocenters. The minimum atomic E-state index is -0.0162. The molecule has 3 aromatic rings. The largest absolute Gasteiger partial charge is 0.372 e. The van der Waals surface area contributed by atoms with E-state index in [9.17, 15) is 4.79 Å². The zero-order valence-electron chi connectivity index (χ0n) is 17.3. The monoisotopic (exact) mass is 406 g/mol. The molecule has 1 fully saturated rings. The molecule has 8 heteroatoms. The van der Waals surface area contributed by atoms with Gasteiger partial charge in [-0.25, -0.2) is 4.98 Å². The second-order valence-corrected chi connectivity index (χ2v) is 8.28. The Morgan fingerprint density at radius 2 is 1.97 bits per heavy atom. The minimum Gasteiger partial charge on any atom is -0.372 e. The van der Waals surface area contributed by atoms with Crippen LogP contribution in [0.5, 0.6) is 0 Å². The molecule has 1 N–H and O–H groups in total. The minimum absolute atomic E-state index is 0.0162. The van der Waals surface area contributed by atoms with E-state index in [1.54, 1.807) is 12.4 Å². The number of fused-ring (bicyclic) bond motifs is 2. The lowest BCUT2D eigenvalue weighted by Gasteiger charge is -2.36. The van der Waals surface area contributed by atoms with E-state index in [4.69, 9.17) is 9.72 Å². The van der Waals surface area contributed by atoms with Crippen LogP contribution in [0.4, 0.5) is 5.95 Å². The summed E-state index contributed by atoms with van der Waals surface area (Å²) in [6.45, 7) is 7.78. The molecular formula is C22H26N6O2. The standard InChI is InChI=1S/C22H26N6O2/c1-14-10-28(11-15(2)30-14)22-25-19-13-27(9-6-17(19)21(29)26-22)12-16-4-3-5-18-20(16)24-8-7-23-18/h3-5,7-8,14-15H,6,9-13H2,1-2H3,(H,25,26,29)/t14-,15-/m0/s1. The van der Waals surface area contributed by atoms with Gasteiger partial charge in [0.05, 0.1) is 28.9 Å². The van der Waals surface area contributed by atoms with Crippen LogP contribution in [-0.2, 0) is 24.2 Å². The van der Waals surface area contributed by atoms with E-state index in [2.05, 4.69) is 30.8 Å². The fourth-order valence-electron chi connectivity index (χ4n) is 4.54. The Bertz CT molecular complexity index is 1110. The van der Waals surface area contributed by atoms with Crippen molar-refractivity contribution in [3.63, 3.8) is 0 Å². The van der Waals surface area contributed by atoms with Crippen LogP contribution in [0.1, 0.15) is 30.7 Å². The number of rotatable bonds is 3. The molecule has 0 saturated carbocycles. The van der Waals surface area contributed by atoms with Gasteiger partial charge in [0.1, 0.15) is 0 Å². The van der Waals surface area contributed by atoms with Gasteiger partial charge in [-0.2, -0.15) is 0 Å². The summed E-state index contributed by atoms with van der Waals surface area (Å²) in [5, 5.41) is 0. The summed E-state index contributed by atoms with van der Waals surface area (Å²) in [7, 11) is 0. The van der Waals surface area contributed by atoms with Crippen molar-refractivity contribution in [2.24, 2.45) is 0 Å². The molecule has 1 aromatic carbocycles. The number of benzene rings is 1. The third-order valence-corrected chi connectivity index (χ3v) is 5.84. The van der Waals surface area contributed by atoms with Gasteiger partial charge in [-0.3, -0.25) is 24.6 Å². The number of ether oxygens (including phenoxy) is 1. The molecular weight excluding hydrogens is 380 g/mol. The second kappa shape index (κ2) is 7.77. The van der Waals surface area contributed by atoms with Gasteiger partial charge in [0, 0.05) is 50.7 Å². The molecule has 2 atom stereocenters. The van der Waals surface area contributed by atoms with Crippen molar-refractivity contribution < 1.29 is 4.74 Å². The Kier molecular flexibility index (Phi) is 4.96. The lowest BCUT2D eigenvalue weighted by molar-refractivity contribution is -0.00576. The van der Waals surface area contributed by atoms with Crippen molar-refractivity contribution >= 4 is 17.0 Å². The van der Waals surface area contributed by atoms with E-state index in [0.717, 1.165) is 54.0 Å². The fourth-order valence-corrected chi connectivity index (χ4v) is 4.54. The van der Waals surface area contributed by atoms with Crippen molar-refractivity contribution in [3.05, 3.63) is 57.8 Å². The summed E-state index contributed by atoms with van der Waals surface area (Å²) >= 11 is 0. The number of para-hydroxylation sites is 1. The van der Waals surface area contributed by atoms with E-state index in [1.165, 1.54) is 0 Å². The number of morpholine rings is 1. The van der Waals surface area contributed by atoms with Crippen molar-refractivity contribution in [2.45, 2.75) is 45.6 Å². The molecule has 156 valence electrons. The number of hydrogen-bond donors (Lipinski definition) is 1. The Hall–Kier alpha value is -2.84. The van der Waals surface area contributed by atoms with Gasteiger partial charge in [-0.05, 0) is 31.9 Å². The van der Waals surface area contributed by atoms with Crippen LogP contribution in [-0.4, -0.2) is 56.7 Å². The smallest absolute Gasteiger partial charge is 0.255 e. The second-order valence-electron chi connectivity index (χ2n) is 8.28. The van der Waals surface area contributed by atoms with Gasteiger partial charge in [-0.1, -0.05) is 12.1 Å². The van der Waals surface area contributed by atoms with Gasteiger partial charge in [0.25, 0.3) is 5.56 Å². The summed E-state index contributed by atoms with van der Waals surface area (Å²) in [6, 6.07) is 6.10. The predicted molar refractivity (Wildman–Crippen MR) is 114 cm³/mol. The summed E-state index contributed by atoms with van der Waals surface area (Å²) < 4.78 is 5.82.